The Morgan fingerprint density at radius 3 is 2.81 bits per heavy atom. The summed E-state index contributed by atoms with van der Waals surface area (Å²) in [6, 6.07) is 6.24. The SMILES string of the molecule is Cc1cc(Br)c(F)cc1Nc1cc2[nH]c(=O)oc2cc1N. The summed E-state index contributed by atoms with van der Waals surface area (Å²) in [5, 5.41) is 3.06. The molecule has 2 aromatic carbocycles. The van der Waals surface area contributed by atoms with E-state index in [1.54, 1.807) is 18.2 Å². The fraction of sp³-hybridized carbons (Fsp3) is 0.0714. The van der Waals surface area contributed by atoms with Gasteiger partial charge in [-0.15, -0.1) is 0 Å². The minimum Gasteiger partial charge on any atom is -0.408 e. The maximum atomic E-state index is 13.6. The van der Waals surface area contributed by atoms with Crippen LogP contribution >= 0.6 is 15.9 Å². The number of anilines is 3. The van der Waals surface area contributed by atoms with Gasteiger partial charge < -0.3 is 15.5 Å². The van der Waals surface area contributed by atoms with Gasteiger partial charge in [0.15, 0.2) is 5.58 Å². The summed E-state index contributed by atoms with van der Waals surface area (Å²) in [5.41, 5.74) is 9.21. The van der Waals surface area contributed by atoms with Gasteiger partial charge in [-0.25, -0.2) is 9.18 Å². The van der Waals surface area contributed by atoms with Crippen LogP contribution in [0.5, 0.6) is 0 Å². The lowest BCUT2D eigenvalue weighted by Crippen LogP contribution is -1.99. The third-order valence-electron chi connectivity index (χ3n) is 3.13. The van der Waals surface area contributed by atoms with E-state index in [1.807, 2.05) is 6.92 Å². The maximum absolute atomic E-state index is 13.6. The Morgan fingerprint density at radius 2 is 2.05 bits per heavy atom. The Balaban J connectivity index is 2.07. The minimum absolute atomic E-state index is 0.375. The highest BCUT2D eigenvalue weighted by molar-refractivity contribution is 9.10. The van der Waals surface area contributed by atoms with Crippen LogP contribution in [0.15, 0.2) is 37.9 Å². The van der Waals surface area contributed by atoms with Crippen molar-refractivity contribution in [2.45, 2.75) is 6.92 Å². The molecule has 0 spiro atoms. The van der Waals surface area contributed by atoms with Crippen LogP contribution in [-0.2, 0) is 0 Å². The van der Waals surface area contributed by atoms with E-state index < -0.39 is 5.76 Å². The van der Waals surface area contributed by atoms with Gasteiger partial charge in [0.2, 0.25) is 0 Å². The molecular formula is C14H11BrFN3O2. The number of aryl methyl sites for hydroxylation is 1. The average Bonchev–Trinajstić information content (AvgIpc) is 2.75. The number of benzene rings is 2. The molecular weight excluding hydrogens is 341 g/mol. The normalized spacial score (nSPS) is 11.0. The van der Waals surface area contributed by atoms with Gasteiger partial charge in [-0.3, -0.25) is 4.98 Å². The highest BCUT2D eigenvalue weighted by Crippen LogP contribution is 2.31. The summed E-state index contributed by atoms with van der Waals surface area (Å²) in [5.74, 6) is -0.924. The fourth-order valence-electron chi connectivity index (χ4n) is 2.05. The summed E-state index contributed by atoms with van der Waals surface area (Å²) in [7, 11) is 0. The number of nitrogen functional groups attached to an aromatic ring is 1. The molecule has 0 fully saturated rings. The molecule has 1 aromatic heterocycles. The number of nitrogens with two attached hydrogens (primary N) is 1. The number of nitrogens with one attached hydrogen (secondary N) is 2. The number of oxazole rings is 1. The van der Waals surface area contributed by atoms with Crippen LogP contribution in [0.2, 0.25) is 0 Å². The van der Waals surface area contributed by atoms with Crippen molar-refractivity contribution in [2.75, 3.05) is 11.1 Å². The van der Waals surface area contributed by atoms with Crippen LogP contribution in [0.3, 0.4) is 0 Å². The lowest BCUT2D eigenvalue weighted by atomic mass is 10.1. The quantitative estimate of drug-likeness (QED) is 0.615. The number of H-pyrrole nitrogens is 1. The number of halogens is 2. The Morgan fingerprint density at radius 1 is 1.29 bits per heavy atom. The molecule has 0 atom stereocenters. The van der Waals surface area contributed by atoms with E-state index in [-0.39, 0.29) is 5.82 Å². The molecule has 5 nitrogen and oxygen atoms in total. The summed E-state index contributed by atoms with van der Waals surface area (Å²) < 4.78 is 19.0. The number of hydrogen-bond donors (Lipinski definition) is 3. The molecule has 0 saturated heterocycles. The van der Waals surface area contributed by atoms with Gasteiger partial charge in [0.1, 0.15) is 5.82 Å². The molecule has 1 heterocycles. The first-order chi connectivity index (χ1) is 9.94. The van der Waals surface area contributed by atoms with E-state index in [2.05, 4.69) is 26.2 Å². The van der Waals surface area contributed by atoms with Crippen LogP contribution in [0, 0.1) is 12.7 Å². The molecule has 0 bridgehead atoms. The molecule has 21 heavy (non-hydrogen) atoms. The fourth-order valence-corrected chi connectivity index (χ4v) is 2.51. The van der Waals surface area contributed by atoms with Crippen molar-refractivity contribution >= 4 is 44.1 Å². The first kappa shape index (κ1) is 13.7. The molecule has 0 aliphatic rings. The topological polar surface area (TPSA) is 84.0 Å². The number of aromatic nitrogens is 1. The summed E-state index contributed by atoms with van der Waals surface area (Å²) >= 11 is 3.14. The number of fused-ring (bicyclic) bond motifs is 1. The Hall–Kier alpha value is -2.28. The standard InChI is InChI=1S/C14H11BrFN3O2/c1-6-2-7(15)8(16)3-10(6)18-11-5-12-13(4-9(11)17)21-14(20)19-12/h2-5,18H,17H2,1H3,(H,19,20). The minimum atomic E-state index is -0.549. The van der Waals surface area contributed by atoms with E-state index in [0.29, 0.717) is 32.6 Å². The maximum Gasteiger partial charge on any atom is 0.417 e. The molecule has 3 rings (SSSR count). The van der Waals surface area contributed by atoms with Gasteiger partial charge in [0.05, 0.1) is 21.4 Å². The molecule has 3 aromatic rings. The molecule has 0 saturated carbocycles. The molecule has 0 radical (unpaired) electrons. The van der Waals surface area contributed by atoms with Gasteiger partial charge in [-0.2, -0.15) is 0 Å². The Labute approximate surface area is 127 Å². The Kier molecular flexibility index (Phi) is 3.21. The smallest absolute Gasteiger partial charge is 0.408 e. The molecule has 108 valence electrons. The largest absolute Gasteiger partial charge is 0.417 e. The van der Waals surface area contributed by atoms with E-state index in [0.717, 1.165) is 5.56 Å². The molecule has 0 unspecified atom stereocenters. The van der Waals surface area contributed by atoms with Crippen molar-refractivity contribution in [1.29, 1.82) is 0 Å². The summed E-state index contributed by atoms with van der Waals surface area (Å²) in [6.45, 7) is 1.85. The molecule has 0 aliphatic carbocycles. The van der Waals surface area contributed by atoms with Crippen molar-refractivity contribution in [3.63, 3.8) is 0 Å². The molecule has 0 amide bonds. The van der Waals surface area contributed by atoms with Gasteiger partial charge in [-0.05, 0) is 46.6 Å². The Bertz CT molecular complexity index is 901. The number of rotatable bonds is 2. The van der Waals surface area contributed by atoms with Crippen molar-refractivity contribution in [3.8, 4) is 0 Å². The van der Waals surface area contributed by atoms with E-state index in [9.17, 15) is 9.18 Å². The zero-order chi connectivity index (χ0) is 15.1. The third kappa shape index (κ3) is 2.52. The van der Waals surface area contributed by atoms with E-state index in [1.165, 1.54) is 6.07 Å². The van der Waals surface area contributed by atoms with Gasteiger partial charge in [-0.1, -0.05) is 0 Å². The highest BCUT2D eigenvalue weighted by Gasteiger charge is 2.10. The lowest BCUT2D eigenvalue weighted by molar-refractivity contribution is 0.555. The van der Waals surface area contributed by atoms with Crippen molar-refractivity contribution < 1.29 is 8.81 Å². The zero-order valence-electron chi connectivity index (χ0n) is 11.0. The summed E-state index contributed by atoms with van der Waals surface area (Å²) in [6.07, 6.45) is 0. The van der Waals surface area contributed by atoms with Gasteiger partial charge in [0.25, 0.3) is 0 Å². The highest BCUT2D eigenvalue weighted by atomic mass is 79.9. The predicted molar refractivity (Wildman–Crippen MR) is 83.4 cm³/mol. The van der Waals surface area contributed by atoms with Crippen LogP contribution < -0.4 is 16.8 Å². The predicted octanol–water partition coefficient (Wildman–Crippen LogP) is 3.66. The summed E-state index contributed by atoms with van der Waals surface area (Å²) in [4.78, 5) is 13.7. The van der Waals surface area contributed by atoms with Crippen molar-refractivity contribution in [3.05, 3.63) is 50.7 Å². The molecule has 0 aliphatic heterocycles. The second-order valence-corrected chi connectivity index (χ2v) is 5.51. The van der Waals surface area contributed by atoms with E-state index >= 15 is 0 Å². The van der Waals surface area contributed by atoms with Gasteiger partial charge in [0, 0.05) is 11.8 Å². The molecule has 4 N–H and O–H groups in total. The van der Waals surface area contributed by atoms with Crippen molar-refractivity contribution in [2.24, 2.45) is 0 Å². The first-order valence-corrected chi connectivity index (χ1v) is 6.88. The van der Waals surface area contributed by atoms with Gasteiger partial charge >= 0.3 is 5.76 Å². The lowest BCUT2D eigenvalue weighted by Gasteiger charge is -2.12. The van der Waals surface area contributed by atoms with Crippen LogP contribution in [-0.4, -0.2) is 4.98 Å². The number of hydrogen-bond acceptors (Lipinski definition) is 4. The second-order valence-electron chi connectivity index (χ2n) is 4.66. The average molecular weight is 352 g/mol. The van der Waals surface area contributed by atoms with Crippen LogP contribution in [0.4, 0.5) is 21.5 Å². The first-order valence-electron chi connectivity index (χ1n) is 6.09. The molecule has 7 heteroatoms. The monoisotopic (exact) mass is 351 g/mol. The van der Waals surface area contributed by atoms with E-state index in [4.69, 9.17) is 10.2 Å². The number of aromatic amines is 1. The van der Waals surface area contributed by atoms with Crippen molar-refractivity contribution in [1.82, 2.24) is 4.98 Å². The van der Waals surface area contributed by atoms with Crippen LogP contribution in [0.25, 0.3) is 11.1 Å². The second kappa shape index (κ2) is 4.92. The van der Waals surface area contributed by atoms with Crippen LogP contribution in [0.1, 0.15) is 5.56 Å². The zero-order valence-corrected chi connectivity index (χ0v) is 12.5. The third-order valence-corrected chi connectivity index (χ3v) is 3.74.